The van der Waals surface area contributed by atoms with E-state index in [1.807, 2.05) is 29.2 Å². The molecule has 1 aliphatic heterocycles. The Hall–Kier alpha value is -2.57. The Kier molecular flexibility index (Phi) is 4.29. The highest BCUT2D eigenvalue weighted by molar-refractivity contribution is 6.06. The van der Waals surface area contributed by atoms with E-state index >= 15 is 0 Å². The first-order chi connectivity index (χ1) is 12.2. The summed E-state index contributed by atoms with van der Waals surface area (Å²) in [5.41, 5.74) is 1.70. The zero-order valence-corrected chi connectivity index (χ0v) is 13.9. The minimum Gasteiger partial charge on any atom is -0.467 e. The average Bonchev–Trinajstić information content (AvgIpc) is 3.32. The van der Waals surface area contributed by atoms with Gasteiger partial charge in [-0.15, -0.1) is 0 Å². The third-order valence-electron chi connectivity index (χ3n) is 4.78. The molecule has 0 bridgehead atoms. The molecule has 1 aromatic carbocycles. The van der Waals surface area contributed by atoms with Crippen LogP contribution in [0.5, 0.6) is 0 Å². The molecule has 3 heterocycles. The standard InChI is InChI=1S/C19H21N3O3/c23-17(18-6-3-11-25-18)13-21-7-9-22(10-8-21)19(24)15-12-20-16-5-2-1-4-14(15)16/h1-6,11-12,17,20,23H,7-10,13H2/t17-/m1/s1. The second-order valence-electron chi connectivity index (χ2n) is 6.37. The number of hydrogen-bond donors (Lipinski definition) is 2. The molecule has 0 spiro atoms. The molecular weight excluding hydrogens is 318 g/mol. The van der Waals surface area contributed by atoms with Gasteiger partial charge < -0.3 is 19.4 Å². The second-order valence-corrected chi connectivity index (χ2v) is 6.37. The maximum Gasteiger partial charge on any atom is 0.256 e. The summed E-state index contributed by atoms with van der Waals surface area (Å²) in [6.45, 7) is 3.31. The van der Waals surface area contributed by atoms with Gasteiger partial charge in [-0.2, -0.15) is 0 Å². The number of β-amino-alcohol motifs (C(OH)–C–C–N with tert-alkyl or cyclic N) is 1. The lowest BCUT2D eigenvalue weighted by molar-refractivity contribution is 0.0487. The number of aromatic nitrogens is 1. The number of nitrogens with zero attached hydrogens (tertiary/aromatic N) is 2. The lowest BCUT2D eigenvalue weighted by Gasteiger charge is -2.35. The number of carbonyl (C=O) groups excluding carboxylic acids is 1. The molecule has 1 aliphatic rings. The number of amides is 1. The summed E-state index contributed by atoms with van der Waals surface area (Å²) in [7, 11) is 0. The molecule has 0 saturated carbocycles. The van der Waals surface area contributed by atoms with E-state index in [0.29, 0.717) is 25.4 Å². The molecule has 25 heavy (non-hydrogen) atoms. The van der Waals surface area contributed by atoms with E-state index in [1.165, 1.54) is 0 Å². The molecule has 0 aliphatic carbocycles. The first-order valence-electron chi connectivity index (χ1n) is 8.51. The number of aliphatic hydroxyl groups is 1. The van der Waals surface area contributed by atoms with Crippen molar-refractivity contribution in [2.45, 2.75) is 6.10 Å². The molecule has 1 fully saturated rings. The zero-order valence-electron chi connectivity index (χ0n) is 13.9. The van der Waals surface area contributed by atoms with E-state index in [9.17, 15) is 9.90 Å². The van der Waals surface area contributed by atoms with Crippen molar-refractivity contribution in [3.8, 4) is 0 Å². The third-order valence-corrected chi connectivity index (χ3v) is 4.78. The van der Waals surface area contributed by atoms with Crippen LogP contribution in [0.15, 0.2) is 53.3 Å². The zero-order chi connectivity index (χ0) is 17.2. The number of hydrogen-bond acceptors (Lipinski definition) is 4. The number of aromatic amines is 1. The Labute approximate surface area is 145 Å². The molecule has 130 valence electrons. The molecular formula is C19H21N3O3. The molecule has 0 radical (unpaired) electrons. The molecule has 1 amide bonds. The minimum atomic E-state index is -0.633. The number of para-hydroxylation sites is 1. The number of furan rings is 1. The van der Waals surface area contributed by atoms with Crippen molar-refractivity contribution in [3.05, 3.63) is 60.2 Å². The molecule has 2 N–H and O–H groups in total. The van der Waals surface area contributed by atoms with E-state index in [0.717, 1.165) is 29.6 Å². The molecule has 4 rings (SSSR count). The first kappa shape index (κ1) is 15.9. The summed E-state index contributed by atoms with van der Waals surface area (Å²) in [6.07, 6.45) is 2.72. The molecule has 1 atom stereocenters. The van der Waals surface area contributed by atoms with Gasteiger partial charge in [0.25, 0.3) is 5.91 Å². The summed E-state index contributed by atoms with van der Waals surface area (Å²) in [4.78, 5) is 20.0. The molecule has 3 aromatic rings. The Morgan fingerprint density at radius 1 is 1.16 bits per heavy atom. The van der Waals surface area contributed by atoms with Gasteiger partial charge in [-0.3, -0.25) is 9.69 Å². The van der Waals surface area contributed by atoms with Gasteiger partial charge >= 0.3 is 0 Å². The predicted molar refractivity (Wildman–Crippen MR) is 94.3 cm³/mol. The minimum absolute atomic E-state index is 0.0590. The molecule has 1 saturated heterocycles. The maximum atomic E-state index is 12.8. The van der Waals surface area contributed by atoms with Crippen LogP contribution in [0.25, 0.3) is 10.9 Å². The highest BCUT2D eigenvalue weighted by atomic mass is 16.4. The predicted octanol–water partition coefficient (Wildman–Crippen LogP) is 2.25. The summed E-state index contributed by atoms with van der Waals surface area (Å²) in [5, 5.41) is 11.1. The first-order valence-corrected chi connectivity index (χ1v) is 8.51. The van der Waals surface area contributed by atoms with Crippen molar-refractivity contribution >= 4 is 16.8 Å². The fraction of sp³-hybridized carbons (Fsp3) is 0.316. The van der Waals surface area contributed by atoms with E-state index < -0.39 is 6.10 Å². The van der Waals surface area contributed by atoms with E-state index in [1.54, 1.807) is 24.6 Å². The number of carbonyl (C=O) groups is 1. The average molecular weight is 339 g/mol. The van der Waals surface area contributed by atoms with Gasteiger partial charge in [0.2, 0.25) is 0 Å². The monoisotopic (exact) mass is 339 g/mol. The number of nitrogens with one attached hydrogen (secondary N) is 1. The van der Waals surface area contributed by atoms with Crippen LogP contribution in [-0.2, 0) is 0 Å². The molecule has 6 heteroatoms. The fourth-order valence-electron chi connectivity index (χ4n) is 3.37. The van der Waals surface area contributed by atoms with Crippen molar-refractivity contribution in [1.29, 1.82) is 0 Å². The number of fused-ring (bicyclic) bond motifs is 1. The molecule has 0 unspecified atom stereocenters. The van der Waals surface area contributed by atoms with E-state index in [2.05, 4.69) is 9.88 Å². The lowest BCUT2D eigenvalue weighted by Crippen LogP contribution is -2.49. The second kappa shape index (κ2) is 6.74. The highest BCUT2D eigenvalue weighted by Crippen LogP contribution is 2.21. The summed E-state index contributed by atoms with van der Waals surface area (Å²) in [6, 6.07) is 11.4. The van der Waals surface area contributed by atoms with Crippen LogP contribution in [0.3, 0.4) is 0 Å². The van der Waals surface area contributed by atoms with Crippen molar-refractivity contribution < 1.29 is 14.3 Å². The Morgan fingerprint density at radius 3 is 2.72 bits per heavy atom. The summed E-state index contributed by atoms with van der Waals surface area (Å²) >= 11 is 0. The highest BCUT2D eigenvalue weighted by Gasteiger charge is 2.25. The van der Waals surface area contributed by atoms with Gasteiger partial charge in [0.1, 0.15) is 11.9 Å². The number of H-pyrrole nitrogens is 1. The van der Waals surface area contributed by atoms with Crippen molar-refractivity contribution in [3.63, 3.8) is 0 Å². The van der Waals surface area contributed by atoms with Gasteiger partial charge in [-0.05, 0) is 18.2 Å². The van der Waals surface area contributed by atoms with Crippen molar-refractivity contribution in [2.75, 3.05) is 32.7 Å². The van der Waals surface area contributed by atoms with Crippen LogP contribution < -0.4 is 0 Å². The Bertz CT molecular complexity index is 848. The van der Waals surface area contributed by atoms with E-state index in [4.69, 9.17) is 4.42 Å². The van der Waals surface area contributed by atoms with Gasteiger partial charge in [0.15, 0.2) is 0 Å². The largest absolute Gasteiger partial charge is 0.467 e. The topological polar surface area (TPSA) is 72.7 Å². The Balaban J connectivity index is 1.37. The van der Waals surface area contributed by atoms with Crippen LogP contribution in [0.2, 0.25) is 0 Å². The fourth-order valence-corrected chi connectivity index (χ4v) is 3.37. The smallest absolute Gasteiger partial charge is 0.256 e. The van der Waals surface area contributed by atoms with Crippen LogP contribution >= 0.6 is 0 Å². The Morgan fingerprint density at radius 2 is 1.96 bits per heavy atom. The number of rotatable bonds is 4. The number of piperazine rings is 1. The van der Waals surface area contributed by atoms with Gasteiger partial charge in [-0.1, -0.05) is 18.2 Å². The SMILES string of the molecule is O=C(c1c[nH]c2ccccc12)N1CCN(C[C@@H](O)c2ccco2)CC1. The number of aliphatic hydroxyl groups excluding tert-OH is 1. The van der Waals surface area contributed by atoms with Crippen LogP contribution in [-0.4, -0.2) is 58.5 Å². The van der Waals surface area contributed by atoms with Crippen LogP contribution in [0.4, 0.5) is 0 Å². The molecule has 6 nitrogen and oxygen atoms in total. The summed E-state index contributed by atoms with van der Waals surface area (Å²) in [5.74, 6) is 0.640. The van der Waals surface area contributed by atoms with Crippen molar-refractivity contribution in [2.24, 2.45) is 0 Å². The summed E-state index contributed by atoms with van der Waals surface area (Å²) < 4.78 is 5.24. The quantitative estimate of drug-likeness (QED) is 0.765. The number of benzene rings is 1. The lowest BCUT2D eigenvalue weighted by atomic mass is 10.1. The molecule has 2 aromatic heterocycles. The van der Waals surface area contributed by atoms with Crippen molar-refractivity contribution in [1.82, 2.24) is 14.8 Å². The van der Waals surface area contributed by atoms with Crippen LogP contribution in [0.1, 0.15) is 22.2 Å². The van der Waals surface area contributed by atoms with Gasteiger partial charge in [0, 0.05) is 49.8 Å². The van der Waals surface area contributed by atoms with E-state index in [-0.39, 0.29) is 5.91 Å². The van der Waals surface area contributed by atoms with Gasteiger partial charge in [-0.25, -0.2) is 0 Å². The van der Waals surface area contributed by atoms with Gasteiger partial charge in [0.05, 0.1) is 11.8 Å². The normalized spacial score (nSPS) is 17.1. The third kappa shape index (κ3) is 3.18. The maximum absolute atomic E-state index is 12.8. The van der Waals surface area contributed by atoms with Crippen LogP contribution in [0, 0.1) is 0 Å².